The quantitative estimate of drug-likeness (QED) is 0.565. The summed E-state index contributed by atoms with van der Waals surface area (Å²) in [5.41, 5.74) is 1.03. The zero-order valence-electron chi connectivity index (χ0n) is 14.0. The molecular formula is C21H20N2O2. The van der Waals surface area contributed by atoms with Crippen LogP contribution in [0, 0.1) is 19.1 Å². The maximum atomic E-state index is 7.71. The number of benzene rings is 1. The minimum absolute atomic E-state index is 0.0381. The van der Waals surface area contributed by atoms with Crippen molar-refractivity contribution in [2.75, 3.05) is 13.2 Å². The second-order valence-corrected chi connectivity index (χ2v) is 6.89. The van der Waals surface area contributed by atoms with Crippen LogP contribution in [0.5, 0.6) is 0 Å². The summed E-state index contributed by atoms with van der Waals surface area (Å²) in [5.74, 6) is -0.422. The first-order valence-corrected chi connectivity index (χ1v) is 8.69. The highest BCUT2D eigenvalue weighted by Crippen LogP contribution is 2.51. The molecule has 1 saturated heterocycles. The van der Waals surface area contributed by atoms with Gasteiger partial charge in [-0.2, -0.15) is 0 Å². The van der Waals surface area contributed by atoms with Crippen LogP contribution in [0.4, 0.5) is 0 Å². The molecule has 1 aromatic rings. The van der Waals surface area contributed by atoms with Crippen LogP contribution in [0.25, 0.3) is 9.69 Å². The van der Waals surface area contributed by atoms with Crippen LogP contribution in [0.1, 0.15) is 30.7 Å². The van der Waals surface area contributed by atoms with E-state index in [4.69, 9.17) is 22.6 Å². The van der Waals surface area contributed by atoms with Crippen molar-refractivity contribution in [2.24, 2.45) is 5.92 Å². The third kappa shape index (κ3) is 2.59. The highest BCUT2D eigenvalue weighted by Gasteiger charge is 2.57. The van der Waals surface area contributed by atoms with Gasteiger partial charge >= 0.3 is 5.66 Å². The monoisotopic (exact) mass is 332 g/mol. The van der Waals surface area contributed by atoms with Gasteiger partial charge in [0.1, 0.15) is 12.0 Å². The fourth-order valence-electron chi connectivity index (χ4n) is 4.35. The SMILES string of the molecule is [C-]#[N+]C1([N+]#[C-])CC=C[C@@H](c2ccccc2)[C@@H]2CC3(CC=C21)OCCO3. The Hall–Kier alpha value is -2.40. The van der Waals surface area contributed by atoms with Gasteiger partial charge in [0.05, 0.1) is 13.2 Å². The van der Waals surface area contributed by atoms with Gasteiger partial charge < -0.3 is 9.47 Å². The van der Waals surface area contributed by atoms with Gasteiger partial charge in [-0.15, -0.1) is 0 Å². The average molecular weight is 332 g/mol. The highest BCUT2D eigenvalue weighted by atomic mass is 16.7. The van der Waals surface area contributed by atoms with Gasteiger partial charge in [-0.3, -0.25) is 0 Å². The first-order valence-electron chi connectivity index (χ1n) is 8.69. The molecule has 1 heterocycles. The summed E-state index contributed by atoms with van der Waals surface area (Å²) in [4.78, 5) is 7.56. The summed E-state index contributed by atoms with van der Waals surface area (Å²) in [5, 5.41) is 0. The van der Waals surface area contributed by atoms with Crippen molar-refractivity contribution in [3.63, 3.8) is 0 Å². The normalized spacial score (nSPS) is 29.1. The summed E-state index contributed by atoms with van der Waals surface area (Å²) >= 11 is 0. The second-order valence-electron chi connectivity index (χ2n) is 6.89. The lowest BCUT2D eigenvalue weighted by Gasteiger charge is -2.38. The van der Waals surface area contributed by atoms with Crippen molar-refractivity contribution in [3.05, 3.63) is 82.5 Å². The zero-order chi connectivity index (χ0) is 17.3. The molecule has 0 unspecified atom stereocenters. The van der Waals surface area contributed by atoms with Crippen LogP contribution in [0.2, 0.25) is 0 Å². The molecule has 25 heavy (non-hydrogen) atoms. The van der Waals surface area contributed by atoms with Gasteiger partial charge in [0.2, 0.25) is 0 Å². The largest absolute Gasteiger partial charge is 0.509 e. The number of ether oxygens (including phenoxy) is 2. The maximum Gasteiger partial charge on any atom is 0.509 e. The summed E-state index contributed by atoms with van der Waals surface area (Å²) in [6.45, 7) is 16.6. The maximum absolute atomic E-state index is 7.71. The predicted octanol–water partition coefficient (Wildman–Crippen LogP) is 4.34. The third-order valence-corrected chi connectivity index (χ3v) is 5.57. The van der Waals surface area contributed by atoms with Crippen molar-refractivity contribution in [1.29, 1.82) is 0 Å². The molecule has 2 aliphatic carbocycles. The van der Waals surface area contributed by atoms with Crippen LogP contribution in [0.15, 0.2) is 54.1 Å². The van der Waals surface area contributed by atoms with E-state index >= 15 is 0 Å². The lowest BCUT2D eigenvalue weighted by atomic mass is 9.71. The minimum atomic E-state index is -1.12. The Morgan fingerprint density at radius 1 is 1.00 bits per heavy atom. The standard InChI is InChI=1S/C21H20N2O2/c1-22-21(23-2)11-6-9-17(16-7-4-3-5-8-16)18-15-20(12-10-19(18)21)24-13-14-25-20/h3-10,17-18H,11-15H2/t17-,18-/m0/s1. The Morgan fingerprint density at radius 3 is 2.40 bits per heavy atom. The van der Waals surface area contributed by atoms with E-state index in [1.54, 1.807) is 0 Å². The van der Waals surface area contributed by atoms with Crippen LogP contribution >= 0.6 is 0 Å². The molecule has 1 aliphatic heterocycles. The average Bonchev–Trinajstić information content (AvgIpc) is 3.04. The molecule has 4 rings (SSSR count). The first kappa shape index (κ1) is 16.1. The van der Waals surface area contributed by atoms with Crippen LogP contribution in [-0.4, -0.2) is 24.7 Å². The third-order valence-electron chi connectivity index (χ3n) is 5.57. The van der Waals surface area contributed by atoms with E-state index in [2.05, 4.69) is 34.0 Å². The molecule has 1 spiro atoms. The van der Waals surface area contributed by atoms with E-state index in [-0.39, 0.29) is 11.8 Å². The molecule has 0 aromatic heterocycles. The number of rotatable bonds is 1. The van der Waals surface area contributed by atoms with E-state index in [1.165, 1.54) is 5.56 Å². The van der Waals surface area contributed by atoms with Crippen molar-refractivity contribution in [1.82, 2.24) is 0 Å². The Labute approximate surface area is 148 Å². The molecule has 4 nitrogen and oxygen atoms in total. The van der Waals surface area contributed by atoms with E-state index < -0.39 is 11.4 Å². The molecule has 0 radical (unpaired) electrons. The number of allylic oxidation sites excluding steroid dienone is 1. The van der Waals surface area contributed by atoms with Gasteiger partial charge in [0.15, 0.2) is 5.79 Å². The Bertz CT molecular complexity index is 777. The molecule has 1 fully saturated rings. The van der Waals surface area contributed by atoms with Gasteiger partial charge in [-0.25, -0.2) is 22.8 Å². The Balaban J connectivity index is 1.82. The minimum Gasteiger partial charge on any atom is -0.347 e. The molecule has 0 saturated carbocycles. The lowest BCUT2D eigenvalue weighted by Crippen LogP contribution is -2.41. The fraction of sp³-hybridized carbons (Fsp3) is 0.429. The summed E-state index contributed by atoms with van der Waals surface area (Å²) in [6.07, 6.45) is 7.98. The van der Waals surface area contributed by atoms with Crippen LogP contribution in [-0.2, 0) is 9.47 Å². The first-order chi connectivity index (χ1) is 12.2. The smallest absolute Gasteiger partial charge is 0.347 e. The topological polar surface area (TPSA) is 27.2 Å². The summed E-state index contributed by atoms with van der Waals surface area (Å²) in [7, 11) is 0. The second kappa shape index (κ2) is 6.15. The van der Waals surface area contributed by atoms with Gasteiger partial charge in [0, 0.05) is 24.7 Å². The molecule has 0 amide bonds. The number of hydrogen-bond acceptors (Lipinski definition) is 2. The lowest BCUT2D eigenvalue weighted by molar-refractivity contribution is -0.169. The molecule has 1 aromatic carbocycles. The Morgan fingerprint density at radius 2 is 1.72 bits per heavy atom. The molecule has 0 N–H and O–H groups in total. The van der Waals surface area contributed by atoms with E-state index in [9.17, 15) is 0 Å². The van der Waals surface area contributed by atoms with Crippen LogP contribution in [0.3, 0.4) is 0 Å². The van der Waals surface area contributed by atoms with Crippen molar-refractivity contribution >= 4 is 0 Å². The molecule has 126 valence electrons. The molecule has 2 atom stereocenters. The number of hydrogen-bond donors (Lipinski definition) is 0. The van der Waals surface area contributed by atoms with Gasteiger partial charge in [-0.1, -0.05) is 48.6 Å². The van der Waals surface area contributed by atoms with Crippen molar-refractivity contribution in [3.8, 4) is 0 Å². The Kier molecular flexibility index (Phi) is 3.96. The zero-order valence-corrected chi connectivity index (χ0v) is 14.0. The van der Waals surface area contributed by atoms with Crippen LogP contribution < -0.4 is 0 Å². The fourth-order valence-corrected chi connectivity index (χ4v) is 4.35. The van der Waals surface area contributed by atoms with Gasteiger partial charge in [-0.05, 0) is 5.56 Å². The summed E-state index contributed by atoms with van der Waals surface area (Å²) in [6, 6.07) is 10.3. The molecule has 4 heteroatoms. The van der Waals surface area contributed by atoms with E-state index in [0.717, 1.165) is 5.57 Å². The molecule has 3 aliphatic rings. The number of fused-ring (bicyclic) bond motifs is 1. The van der Waals surface area contributed by atoms with E-state index in [0.29, 0.717) is 32.5 Å². The summed E-state index contributed by atoms with van der Waals surface area (Å²) < 4.78 is 11.9. The van der Waals surface area contributed by atoms with Crippen molar-refractivity contribution < 1.29 is 9.47 Å². The number of nitrogens with zero attached hydrogens (tertiary/aromatic N) is 2. The molecule has 0 bridgehead atoms. The highest BCUT2D eigenvalue weighted by molar-refractivity contribution is 5.42. The van der Waals surface area contributed by atoms with Crippen molar-refractivity contribution in [2.45, 2.75) is 36.6 Å². The van der Waals surface area contributed by atoms with E-state index in [1.807, 2.05) is 24.3 Å². The molecular weight excluding hydrogens is 312 g/mol. The van der Waals surface area contributed by atoms with Gasteiger partial charge in [0.25, 0.3) is 0 Å². The predicted molar refractivity (Wildman–Crippen MR) is 94.3 cm³/mol.